The number of halogens is 1. The van der Waals surface area contributed by atoms with Crippen LogP contribution in [0.2, 0.25) is 5.02 Å². The van der Waals surface area contributed by atoms with Gasteiger partial charge in [0.1, 0.15) is 5.75 Å². The molecule has 158 valence electrons. The first-order chi connectivity index (χ1) is 15.0. The number of anilines is 1. The second-order valence-electron chi connectivity index (χ2n) is 7.50. The minimum Gasteiger partial charge on any atom is -0.484 e. The summed E-state index contributed by atoms with van der Waals surface area (Å²) in [4.78, 5) is 27.1. The zero-order valence-corrected chi connectivity index (χ0v) is 18.0. The maximum Gasteiger partial charge on any atom is 0.258 e. The third-order valence-electron chi connectivity index (χ3n) is 5.34. The van der Waals surface area contributed by atoms with Gasteiger partial charge in [-0.15, -0.1) is 0 Å². The van der Waals surface area contributed by atoms with E-state index in [1.807, 2.05) is 54.3 Å². The maximum atomic E-state index is 13.1. The Labute approximate surface area is 186 Å². The third kappa shape index (κ3) is 4.89. The van der Waals surface area contributed by atoms with Crippen molar-refractivity contribution in [3.63, 3.8) is 0 Å². The molecule has 0 bridgehead atoms. The van der Waals surface area contributed by atoms with E-state index in [0.717, 1.165) is 28.8 Å². The van der Waals surface area contributed by atoms with Crippen LogP contribution in [-0.2, 0) is 17.8 Å². The lowest BCUT2D eigenvalue weighted by molar-refractivity contribution is -0.123. The molecule has 5 nitrogen and oxygen atoms in total. The Morgan fingerprint density at radius 3 is 2.61 bits per heavy atom. The first kappa shape index (κ1) is 20.9. The summed E-state index contributed by atoms with van der Waals surface area (Å²) < 4.78 is 5.47. The smallest absolute Gasteiger partial charge is 0.258 e. The predicted molar refractivity (Wildman–Crippen MR) is 122 cm³/mol. The van der Waals surface area contributed by atoms with Crippen molar-refractivity contribution in [1.82, 2.24) is 5.32 Å². The highest BCUT2D eigenvalue weighted by Gasteiger charge is 2.26. The van der Waals surface area contributed by atoms with Gasteiger partial charge >= 0.3 is 0 Å². The summed E-state index contributed by atoms with van der Waals surface area (Å²) in [6, 6.07) is 20.5. The van der Waals surface area contributed by atoms with E-state index in [0.29, 0.717) is 29.4 Å². The topological polar surface area (TPSA) is 58.6 Å². The fraction of sp³-hybridized carbons (Fsp3) is 0.200. The molecule has 3 aromatic rings. The van der Waals surface area contributed by atoms with Crippen molar-refractivity contribution in [2.45, 2.75) is 19.9 Å². The molecule has 1 aliphatic rings. The summed E-state index contributed by atoms with van der Waals surface area (Å²) in [6.45, 7) is 2.89. The van der Waals surface area contributed by atoms with Crippen LogP contribution in [0, 0.1) is 6.92 Å². The molecule has 0 radical (unpaired) electrons. The Balaban J connectivity index is 1.38. The molecular weight excluding hydrogens is 412 g/mol. The van der Waals surface area contributed by atoms with Gasteiger partial charge in [-0.2, -0.15) is 0 Å². The van der Waals surface area contributed by atoms with Gasteiger partial charge in [-0.25, -0.2) is 0 Å². The van der Waals surface area contributed by atoms with Gasteiger partial charge in [0.05, 0.1) is 0 Å². The second-order valence-corrected chi connectivity index (χ2v) is 7.94. The van der Waals surface area contributed by atoms with Crippen LogP contribution in [0.3, 0.4) is 0 Å². The van der Waals surface area contributed by atoms with Crippen LogP contribution < -0.4 is 15.0 Å². The lowest BCUT2D eigenvalue weighted by Crippen LogP contribution is -2.30. The molecular formula is C25H23ClN2O3. The first-order valence-electron chi connectivity index (χ1n) is 10.2. The molecule has 31 heavy (non-hydrogen) atoms. The molecule has 2 amide bonds. The molecule has 0 fully saturated rings. The van der Waals surface area contributed by atoms with E-state index in [9.17, 15) is 9.59 Å². The monoisotopic (exact) mass is 434 g/mol. The van der Waals surface area contributed by atoms with Crippen molar-refractivity contribution in [1.29, 1.82) is 0 Å². The molecule has 1 heterocycles. The Morgan fingerprint density at radius 1 is 1.06 bits per heavy atom. The van der Waals surface area contributed by atoms with E-state index in [1.54, 1.807) is 24.3 Å². The zero-order valence-electron chi connectivity index (χ0n) is 17.2. The number of aryl methyl sites for hydroxylation is 1. The van der Waals surface area contributed by atoms with Crippen molar-refractivity contribution in [3.8, 4) is 5.75 Å². The van der Waals surface area contributed by atoms with Crippen molar-refractivity contribution >= 4 is 29.1 Å². The van der Waals surface area contributed by atoms with Gasteiger partial charge in [0.15, 0.2) is 6.61 Å². The van der Waals surface area contributed by atoms with Crippen LogP contribution in [0.4, 0.5) is 5.69 Å². The van der Waals surface area contributed by atoms with Crippen LogP contribution in [0.1, 0.15) is 27.0 Å². The summed E-state index contributed by atoms with van der Waals surface area (Å²) >= 11 is 5.85. The standard InChI is InChI=1S/C25H23ClN2O3/c1-17-4-2-3-5-22(17)25(30)28-13-12-19-7-6-18(14-23(19)28)15-27-24(29)16-31-21-10-8-20(26)9-11-21/h2-11,14H,12-13,15-16H2,1H3,(H,27,29). The van der Waals surface area contributed by atoms with E-state index in [2.05, 4.69) is 5.32 Å². The van der Waals surface area contributed by atoms with Crippen molar-refractivity contribution in [2.75, 3.05) is 18.1 Å². The summed E-state index contributed by atoms with van der Waals surface area (Å²) in [5, 5.41) is 3.48. The van der Waals surface area contributed by atoms with Gasteiger partial charge in [0, 0.05) is 29.4 Å². The summed E-state index contributed by atoms with van der Waals surface area (Å²) in [6.07, 6.45) is 0.828. The number of hydrogen-bond acceptors (Lipinski definition) is 3. The molecule has 0 aliphatic carbocycles. The Bertz CT molecular complexity index is 1110. The Kier molecular flexibility index (Phi) is 6.23. The van der Waals surface area contributed by atoms with E-state index in [4.69, 9.17) is 16.3 Å². The van der Waals surface area contributed by atoms with Gasteiger partial charge < -0.3 is 15.0 Å². The average Bonchev–Trinajstić information content (AvgIpc) is 3.20. The van der Waals surface area contributed by atoms with Gasteiger partial charge in [-0.3, -0.25) is 9.59 Å². The maximum absolute atomic E-state index is 13.1. The molecule has 1 aliphatic heterocycles. The number of benzene rings is 3. The number of fused-ring (bicyclic) bond motifs is 1. The number of hydrogen-bond donors (Lipinski definition) is 1. The molecule has 0 saturated carbocycles. The highest BCUT2D eigenvalue weighted by molar-refractivity contribution is 6.30. The fourth-order valence-electron chi connectivity index (χ4n) is 3.64. The summed E-state index contributed by atoms with van der Waals surface area (Å²) in [5.41, 5.74) is 4.67. The third-order valence-corrected chi connectivity index (χ3v) is 5.59. The second kappa shape index (κ2) is 9.23. The van der Waals surface area contributed by atoms with Crippen LogP contribution in [0.15, 0.2) is 66.7 Å². The molecule has 0 aromatic heterocycles. The Morgan fingerprint density at radius 2 is 1.84 bits per heavy atom. The fourth-order valence-corrected chi connectivity index (χ4v) is 3.76. The molecule has 0 saturated heterocycles. The largest absolute Gasteiger partial charge is 0.484 e. The van der Waals surface area contributed by atoms with Crippen molar-refractivity contribution < 1.29 is 14.3 Å². The van der Waals surface area contributed by atoms with E-state index in [-0.39, 0.29) is 18.4 Å². The van der Waals surface area contributed by atoms with E-state index >= 15 is 0 Å². The highest BCUT2D eigenvalue weighted by Crippen LogP contribution is 2.31. The predicted octanol–water partition coefficient (Wildman–Crippen LogP) is 4.55. The van der Waals surface area contributed by atoms with Crippen LogP contribution in [0.25, 0.3) is 0 Å². The lowest BCUT2D eigenvalue weighted by Gasteiger charge is -2.19. The highest BCUT2D eigenvalue weighted by atomic mass is 35.5. The van der Waals surface area contributed by atoms with Crippen LogP contribution >= 0.6 is 11.6 Å². The molecule has 1 N–H and O–H groups in total. The van der Waals surface area contributed by atoms with Gasteiger partial charge in [-0.1, -0.05) is 41.9 Å². The number of nitrogens with one attached hydrogen (secondary N) is 1. The molecule has 0 unspecified atom stereocenters. The van der Waals surface area contributed by atoms with Gasteiger partial charge in [-0.05, 0) is 66.4 Å². The molecule has 0 spiro atoms. The number of amides is 2. The molecule has 4 rings (SSSR count). The first-order valence-corrected chi connectivity index (χ1v) is 10.5. The minimum absolute atomic E-state index is 0.00870. The molecule has 0 atom stereocenters. The van der Waals surface area contributed by atoms with Crippen LogP contribution in [-0.4, -0.2) is 25.0 Å². The number of carbonyl (C=O) groups is 2. The van der Waals surface area contributed by atoms with Gasteiger partial charge in [0.25, 0.3) is 11.8 Å². The molecule has 3 aromatic carbocycles. The van der Waals surface area contributed by atoms with Gasteiger partial charge in [0.2, 0.25) is 0 Å². The normalized spacial score (nSPS) is 12.4. The summed E-state index contributed by atoms with van der Waals surface area (Å²) in [7, 11) is 0. The lowest BCUT2D eigenvalue weighted by atomic mass is 10.1. The van der Waals surface area contributed by atoms with Crippen molar-refractivity contribution in [2.24, 2.45) is 0 Å². The number of ether oxygens (including phenoxy) is 1. The molecule has 6 heteroatoms. The van der Waals surface area contributed by atoms with E-state index < -0.39 is 0 Å². The zero-order chi connectivity index (χ0) is 21.8. The minimum atomic E-state index is -0.219. The summed E-state index contributed by atoms with van der Waals surface area (Å²) in [5.74, 6) is 0.375. The number of nitrogens with zero attached hydrogens (tertiary/aromatic N) is 1. The van der Waals surface area contributed by atoms with Crippen molar-refractivity contribution in [3.05, 3.63) is 94.0 Å². The number of rotatable bonds is 6. The van der Waals surface area contributed by atoms with E-state index in [1.165, 1.54) is 0 Å². The average molecular weight is 435 g/mol. The van der Waals surface area contributed by atoms with Crippen LogP contribution in [0.5, 0.6) is 5.75 Å². The SMILES string of the molecule is Cc1ccccc1C(=O)N1CCc2ccc(CNC(=O)COc3ccc(Cl)cc3)cc21. The Hall–Kier alpha value is -3.31. The quantitative estimate of drug-likeness (QED) is 0.619. The number of carbonyl (C=O) groups excluding carboxylic acids is 2.